The molecule has 0 bridgehead atoms. The number of hydrogen-bond acceptors (Lipinski definition) is 4. The van der Waals surface area contributed by atoms with Crippen molar-refractivity contribution in [1.29, 1.82) is 0 Å². The Labute approximate surface area is 85.9 Å². The molecule has 1 aliphatic rings. The lowest BCUT2D eigenvalue weighted by molar-refractivity contribution is -0.141. The number of aliphatic carboxylic acids is 1. The molecule has 0 radical (unpaired) electrons. The van der Waals surface area contributed by atoms with E-state index in [-0.39, 0.29) is 5.57 Å². The molecule has 0 unspecified atom stereocenters. The fraction of sp³-hybridized carbons (Fsp3) is 0.444. The van der Waals surface area contributed by atoms with Crippen molar-refractivity contribution in [3.8, 4) is 0 Å². The van der Waals surface area contributed by atoms with E-state index in [1.807, 2.05) is 0 Å². The lowest BCUT2D eigenvalue weighted by Crippen LogP contribution is -2.25. The van der Waals surface area contributed by atoms with Gasteiger partial charge in [-0.25, -0.2) is 4.79 Å². The van der Waals surface area contributed by atoms with E-state index in [4.69, 9.17) is 5.11 Å². The van der Waals surface area contributed by atoms with Gasteiger partial charge in [-0.15, -0.1) is 0 Å². The van der Waals surface area contributed by atoms with Gasteiger partial charge >= 0.3 is 11.9 Å². The normalized spacial score (nSPS) is 20.1. The van der Waals surface area contributed by atoms with E-state index in [0.717, 1.165) is 0 Å². The van der Waals surface area contributed by atoms with Gasteiger partial charge in [0.05, 0.1) is 25.0 Å². The highest BCUT2D eigenvalue weighted by molar-refractivity contribution is 6.03. The number of carbonyl (C=O) groups excluding carboxylic acids is 2. The van der Waals surface area contributed by atoms with Gasteiger partial charge in [-0.3, -0.25) is 9.59 Å². The molecule has 0 spiro atoms. The summed E-state index contributed by atoms with van der Waals surface area (Å²) in [5.41, 5.74) is 0.461. The fourth-order valence-corrected chi connectivity index (χ4v) is 1.51. The van der Waals surface area contributed by atoms with Crippen molar-refractivity contribution >= 4 is 17.8 Å². The maximum absolute atomic E-state index is 11.3. The Balaban J connectivity index is 2.97. The number of carboxylic acid groups (broad SMARTS) is 1. The average Bonchev–Trinajstić information content (AvgIpc) is 2.40. The zero-order valence-electron chi connectivity index (χ0n) is 8.36. The number of hydrogen-bond donors (Lipinski definition) is 2. The number of carboxylic acids is 1. The topological polar surface area (TPSA) is 92.7 Å². The first-order valence-electron chi connectivity index (χ1n) is 4.29. The number of rotatable bonds is 3. The SMILES string of the molecule is COC(=O)C1=C(C)NC(=O)[C@@H]1CC(=O)O. The number of amides is 1. The van der Waals surface area contributed by atoms with Crippen molar-refractivity contribution < 1.29 is 24.2 Å². The third-order valence-electron chi connectivity index (χ3n) is 2.16. The van der Waals surface area contributed by atoms with Crippen molar-refractivity contribution in [2.75, 3.05) is 7.11 Å². The van der Waals surface area contributed by atoms with Gasteiger partial charge in [0.25, 0.3) is 0 Å². The fourth-order valence-electron chi connectivity index (χ4n) is 1.51. The van der Waals surface area contributed by atoms with Crippen molar-refractivity contribution in [1.82, 2.24) is 5.32 Å². The molecule has 6 heteroatoms. The van der Waals surface area contributed by atoms with Gasteiger partial charge < -0.3 is 15.2 Å². The third kappa shape index (κ3) is 2.15. The Morgan fingerprint density at radius 3 is 2.60 bits per heavy atom. The number of allylic oxidation sites excluding steroid dienone is 1. The van der Waals surface area contributed by atoms with Crippen LogP contribution in [0.1, 0.15) is 13.3 Å². The summed E-state index contributed by atoms with van der Waals surface area (Å²) in [7, 11) is 1.18. The lowest BCUT2D eigenvalue weighted by Gasteiger charge is -2.07. The summed E-state index contributed by atoms with van der Waals surface area (Å²) in [6, 6.07) is 0. The van der Waals surface area contributed by atoms with Gasteiger partial charge in [0.2, 0.25) is 5.91 Å². The number of ether oxygens (including phenoxy) is 1. The molecular formula is C9H11NO5. The van der Waals surface area contributed by atoms with E-state index in [1.165, 1.54) is 14.0 Å². The van der Waals surface area contributed by atoms with Crippen LogP contribution in [0, 0.1) is 5.92 Å². The third-order valence-corrected chi connectivity index (χ3v) is 2.16. The second-order valence-electron chi connectivity index (χ2n) is 3.17. The average molecular weight is 213 g/mol. The van der Waals surface area contributed by atoms with Crippen LogP contribution in [0.5, 0.6) is 0 Å². The molecule has 6 nitrogen and oxygen atoms in total. The maximum atomic E-state index is 11.3. The predicted molar refractivity (Wildman–Crippen MR) is 48.6 cm³/mol. The van der Waals surface area contributed by atoms with Crippen molar-refractivity contribution in [2.24, 2.45) is 5.92 Å². The molecule has 0 fully saturated rings. The minimum absolute atomic E-state index is 0.102. The number of nitrogens with one attached hydrogen (secondary N) is 1. The standard InChI is InChI=1S/C9H11NO5/c1-4-7(9(14)15-2)5(3-6(11)12)8(13)10-4/h5H,3H2,1-2H3,(H,10,13)(H,11,12)/t5-/m1/s1. The smallest absolute Gasteiger partial charge is 0.336 e. The molecule has 1 atom stereocenters. The number of esters is 1. The molecule has 2 N–H and O–H groups in total. The quantitative estimate of drug-likeness (QED) is 0.625. The summed E-state index contributed by atoms with van der Waals surface area (Å²) in [5, 5.41) is 11.0. The van der Waals surface area contributed by atoms with Gasteiger partial charge in [-0.1, -0.05) is 0 Å². The van der Waals surface area contributed by atoms with Crippen LogP contribution in [0.3, 0.4) is 0 Å². The summed E-state index contributed by atoms with van der Waals surface area (Å²) in [5.74, 6) is -3.23. The van der Waals surface area contributed by atoms with Crippen molar-refractivity contribution in [3.63, 3.8) is 0 Å². The van der Waals surface area contributed by atoms with E-state index >= 15 is 0 Å². The van der Waals surface area contributed by atoms with Crippen molar-refractivity contribution in [2.45, 2.75) is 13.3 Å². The molecule has 0 aromatic carbocycles. The summed E-state index contributed by atoms with van der Waals surface area (Å²) >= 11 is 0. The summed E-state index contributed by atoms with van der Waals surface area (Å²) in [6.45, 7) is 1.53. The van der Waals surface area contributed by atoms with Gasteiger partial charge in [0.1, 0.15) is 0 Å². The van der Waals surface area contributed by atoms with Gasteiger partial charge in [0, 0.05) is 5.70 Å². The Bertz CT molecular complexity index is 358. The second kappa shape index (κ2) is 4.12. The molecular weight excluding hydrogens is 202 g/mol. The van der Waals surface area contributed by atoms with Crippen LogP contribution in [0.15, 0.2) is 11.3 Å². The highest BCUT2D eigenvalue weighted by atomic mass is 16.5. The van der Waals surface area contributed by atoms with Gasteiger partial charge in [-0.05, 0) is 6.92 Å². The summed E-state index contributed by atoms with van der Waals surface area (Å²) in [6.07, 6.45) is -0.409. The molecule has 82 valence electrons. The second-order valence-corrected chi connectivity index (χ2v) is 3.17. The van der Waals surface area contributed by atoms with Crippen LogP contribution in [-0.4, -0.2) is 30.1 Å². The molecule has 0 aromatic heterocycles. The minimum atomic E-state index is -1.13. The first-order valence-corrected chi connectivity index (χ1v) is 4.29. The molecule has 1 rings (SSSR count). The monoisotopic (exact) mass is 213 g/mol. The Morgan fingerprint density at radius 1 is 1.53 bits per heavy atom. The zero-order valence-corrected chi connectivity index (χ0v) is 8.36. The molecule has 1 amide bonds. The summed E-state index contributed by atoms with van der Waals surface area (Å²) < 4.78 is 4.48. The summed E-state index contributed by atoms with van der Waals surface area (Å²) in [4.78, 5) is 33.1. The van der Waals surface area contributed by atoms with Gasteiger partial charge in [-0.2, -0.15) is 0 Å². The van der Waals surface area contributed by atoms with Crippen LogP contribution < -0.4 is 5.32 Å². The van der Waals surface area contributed by atoms with E-state index in [0.29, 0.717) is 5.70 Å². The first kappa shape index (κ1) is 11.2. The molecule has 0 aliphatic carbocycles. The van der Waals surface area contributed by atoms with E-state index < -0.39 is 30.2 Å². The molecule has 1 heterocycles. The molecule has 0 saturated heterocycles. The van der Waals surface area contributed by atoms with E-state index in [9.17, 15) is 14.4 Å². The Morgan fingerprint density at radius 2 is 2.13 bits per heavy atom. The highest BCUT2D eigenvalue weighted by Crippen LogP contribution is 2.25. The molecule has 15 heavy (non-hydrogen) atoms. The Hall–Kier alpha value is -1.85. The molecule has 0 aromatic rings. The zero-order chi connectivity index (χ0) is 11.6. The van der Waals surface area contributed by atoms with Crippen LogP contribution in [0.25, 0.3) is 0 Å². The maximum Gasteiger partial charge on any atom is 0.336 e. The molecule has 1 aliphatic heterocycles. The Kier molecular flexibility index (Phi) is 3.08. The largest absolute Gasteiger partial charge is 0.481 e. The molecule has 0 saturated carbocycles. The van der Waals surface area contributed by atoms with Crippen LogP contribution >= 0.6 is 0 Å². The highest BCUT2D eigenvalue weighted by Gasteiger charge is 2.37. The van der Waals surface area contributed by atoms with E-state index in [2.05, 4.69) is 10.1 Å². The van der Waals surface area contributed by atoms with Crippen molar-refractivity contribution in [3.05, 3.63) is 11.3 Å². The lowest BCUT2D eigenvalue weighted by atomic mass is 9.97. The van der Waals surface area contributed by atoms with Crippen LogP contribution in [-0.2, 0) is 19.1 Å². The van der Waals surface area contributed by atoms with E-state index in [1.54, 1.807) is 0 Å². The first-order chi connectivity index (χ1) is 6.97. The number of methoxy groups -OCH3 is 1. The number of carbonyl (C=O) groups is 3. The van der Waals surface area contributed by atoms with Crippen LogP contribution in [0.2, 0.25) is 0 Å². The minimum Gasteiger partial charge on any atom is -0.481 e. The predicted octanol–water partition coefficient (Wildman–Crippen LogP) is -0.346. The van der Waals surface area contributed by atoms with Crippen LogP contribution in [0.4, 0.5) is 0 Å². The van der Waals surface area contributed by atoms with Gasteiger partial charge in [0.15, 0.2) is 0 Å².